The summed E-state index contributed by atoms with van der Waals surface area (Å²) in [6, 6.07) is 14.1. The molecule has 3 aromatic rings. The molecule has 4 nitrogen and oxygen atoms in total. The Bertz CT molecular complexity index is 1270. The molecule has 0 radical (unpaired) electrons. The number of nitrogens with zero attached hydrogens (tertiary/aromatic N) is 2. The zero-order valence-corrected chi connectivity index (χ0v) is 18.8. The highest BCUT2D eigenvalue weighted by Gasteiger charge is 2.30. The Morgan fingerprint density at radius 1 is 1.12 bits per heavy atom. The van der Waals surface area contributed by atoms with E-state index < -0.39 is 23.4 Å². The Morgan fingerprint density at radius 3 is 2.38 bits per heavy atom. The third kappa shape index (κ3) is 5.85. The van der Waals surface area contributed by atoms with Gasteiger partial charge < -0.3 is 9.88 Å². The van der Waals surface area contributed by atoms with Gasteiger partial charge in [-0.15, -0.1) is 0 Å². The van der Waals surface area contributed by atoms with Gasteiger partial charge in [0.05, 0.1) is 5.56 Å². The van der Waals surface area contributed by atoms with E-state index >= 15 is 0 Å². The molecule has 1 amide bonds. The van der Waals surface area contributed by atoms with Crippen molar-refractivity contribution in [3.05, 3.63) is 82.7 Å². The van der Waals surface area contributed by atoms with Crippen molar-refractivity contribution in [2.75, 3.05) is 5.32 Å². The number of thioether (sulfide) groups is 1. The van der Waals surface area contributed by atoms with Crippen molar-refractivity contribution < 1.29 is 26.7 Å². The summed E-state index contributed by atoms with van der Waals surface area (Å²) in [6.07, 6.45) is -3.14. The second kappa shape index (κ2) is 10.1. The number of nitriles is 1. The van der Waals surface area contributed by atoms with E-state index in [9.17, 15) is 32.0 Å². The SMILES string of the molecule is Cc1cc(/C=C(/C#N)C(=O)Nc2ccc(SC(F)F)cc2)c(C)n1-c1cccc(C(F)(F)F)c1. The zero-order chi connectivity index (χ0) is 25.0. The Morgan fingerprint density at radius 2 is 1.79 bits per heavy atom. The van der Waals surface area contributed by atoms with Crippen LogP contribution in [0.25, 0.3) is 11.8 Å². The van der Waals surface area contributed by atoms with Crippen LogP contribution in [0, 0.1) is 25.2 Å². The molecule has 0 bridgehead atoms. The van der Waals surface area contributed by atoms with Gasteiger partial charge in [0.2, 0.25) is 0 Å². The lowest BCUT2D eigenvalue weighted by atomic mass is 10.1. The molecule has 34 heavy (non-hydrogen) atoms. The van der Waals surface area contributed by atoms with E-state index in [4.69, 9.17) is 0 Å². The molecule has 10 heteroatoms. The number of aromatic nitrogens is 1. The summed E-state index contributed by atoms with van der Waals surface area (Å²) in [5.74, 6) is -3.27. The minimum absolute atomic E-state index is 0.227. The number of carbonyl (C=O) groups excluding carboxylic acids is 1. The van der Waals surface area contributed by atoms with Crippen LogP contribution in [0.1, 0.15) is 22.5 Å². The molecule has 0 aliphatic carbocycles. The Balaban J connectivity index is 1.87. The Hall–Kier alpha value is -3.58. The third-order valence-electron chi connectivity index (χ3n) is 4.90. The molecular formula is C24H18F5N3OS. The lowest BCUT2D eigenvalue weighted by molar-refractivity contribution is -0.137. The third-order valence-corrected chi connectivity index (χ3v) is 5.63. The second-order valence-corrected chi connectivity index (χ2v) is 8.30. The first kappa shape index (κ1) is 25.1. The van der Waals surface area contributed by atoms with Gasteiger partial charge in [-0.2, -0.15) is 27.2 Å². The molecule has 0 aliphatic rings. The number of amides is 1. The predicted octanol–water partition coefficient (Wildman–Crippen LogP) is 6.97. The average molecular weight is 491 g/mol. The number of carbonyl (C=O) groups is 1. The van der Waals surface area contributed by atoms with Gasteiger partial charge >= 0.3 is 6.18 Å². The number of nitrogens with one attached hydrogen (secondary N) is 1. The molecule has 0 unspecified atom stereocenters. The lowest BCUT2D eigenvalue weighted by Gasteiger charge is -2.13. The molecule has 1 heterocycles. The maximum absolute atomic E-state index is 13.1. The zero-order valence-electron chi connectivity index (χ0n) is 18.0. The average Bonchev–Trinajstić information content (AvgIpc) is 3.05. The molecule has 0 aliphatic heterocycles. The van der Waals surface area contributed by atoms with Crippen molar-refractivity contribution in [2.24, 2.45) is 0 Å². The molecule has 0 fully saturated rings. The highest BCUT2D eigenvalue weighted by molar-refractivity contribution is 7.99. The molecule has 0 spiro atoms. The first-order chi connectivity index (χ1) is 16.0. The van der Waals surface area contributed by atoms with Gasteiger partial charge in [-0.1, -0.05) is 17.8 Å². The van der Waals surface area contributed by atoms with E-state index in [0.29, 0.717) is 45.0 Å². The fourth-order valence-electron chi connectivity index (χ4n) is 3.37. The summed E-state index contributed by atoms with van der Waals surface area (Å²) in [7, 11) is 0. The summed E-state index contributed by atoms with van der Waals surface area (Å²) in [4.78, 5) is 12.9. The Kier molecular flexibility index (Phi) is 7.47. The minimum atomic E-state index is -4.49. The number of hydrogen-bond acceptors (Lipinski definition) is 3. The van der Waals surface area contributed by atoms with E-state index in [1.807, 2.05) is 6.07 Å². The maximum atomic E-state index is 13.1. The first-order valence-electron chi connectivity index (χ1n) is 9.84. The highest BCUT2D eigenvalue weighted by Crippen LogP contribution is 2.32. The summed E-state index contributed by atoms with van der Waals surface area (Å²) < 4.78 is 65.8. The van der Waals surface area contributed by atoms with E-state index in [-0.39, 0.29) is 5.57 Å². The Labute approximate surface area is 196 Å². The molecule has 1 N–H and O–H groups in total. The van der Waals surface area contributed by atoms with Gasteiger partial charge in [-0.3, -0.25) is 4.79 Å². The van der Waals surface area contributed by atoms with Crippen LogP contribution in [0.15, 0.2) is 65.1 Å². The van der Waals surface area contributed by atoms with E-state index in [2.05, 4.69) is 5.32 Å². The quantitative estimate of drug-likeness (QED) is 0.175. The number of alkyl halides is 5. The molecule has 2 aromatic carbocycles. The number of rotatable bonds is 6. The van der Waals surface area contributed by atoms with Gasteiger partial charge in [0.15, 0.2) is 0 Å². The van der Waals surface area contributed by atoms with Crippen molar-refractivity contribution in [2.45, 2.75) is 30.7 Å². The predicted molar refractivity (Wildman–Crippen MR) is 121 cm³/mol. The lowest BCUT2D eigenvalue weighted by Crippen LogP contribution is -2.13. The molecule has 0 atom stereocenters. The van der Waals surface area contributed by atoms with Crippen LogP contribution in [-0.4, -0.2) is 16.2 Å². The van der Waals surface area contributed by atoms with Crippen LogP contribution in [0.5, 0.6) is 0 Å². The normalized spacial score (nSPS) is 12.0. The molecule has 0 saturated heterocycles. The fourth-order valence-corrected chi connectivity index (χ4v) is 3.87. The largest absolute Gasteiger partial charge is 0.416 e. The molecule has 0 saturated carbocycles. The van der Waals surface area contributed by atoms with Gasteiger partial charge in [0.1, 0.15) is 11.6 Å². The smallest absolute Gasteiger partial charge is 0.321 e. The number of anilines is 1. The number of halogens is 5. The van der Waals surface area contributed by atoms with Gasteiger partial charge in [-0.25, -0.2) is 0 Å². The van der Waals surface area contributed by atoms with E-state index in [1.165, 1.54) is 42.5 Å². The summed E-state index contributed by atoms with van der Waals surface area (Å²) in [5.41, 5.74) is 1.26. The van der Waals surface area contributed by atoms with Crippen LogP contribution < -0.4 is 5.32 Å². The summed E-state index contributed by atoms with van der Waals surface area (Å²) in [5, 5.41) is 12.0. The van der Waals surface area contributed by atoms with Crippen LogP contribution in [0.2, 0.25) is 0 Å². The van der Waals surface area contributed by atoms with E-state index in [0.717, 1.165) is 12.1 Å². The fraction of sp³-hybridized carbons (Fsp3) is 0.167. The summed E-state index contributed by atoms with van der Waals surface area (Å²) >= 11 is 0.370. The van der Waals surface area contributed by atoms with Crippen LogP contribution in [-0.2, 0) is 11.0 Å². The van der Waals surface area contributed by atoms with Crippen molar-refractivity contribution in [1.29, 1.82) is 5.26 Å². The van der Waals surface area contributed by atoms with Crippen LogP contribution in [0.3, 0.4) is 0 Å². The number of hydrogen-bond donors (Lipinski definition) is 1. The molecule has 1 aromatic heterocycles. The van der Waals surface area contributed by atoms with E-state index in [1.54, 1.807) is 24.5 Å². The van der Waals surface area contributed by atoms with Crippen molar-refractivity contribution in [3.63, 3.8) is 0 Å². The maximum Gasteiger partial charge on any atom is 0.416 e. The standard InChI is InChI=1S/C24H18F5N3OS/c1-14-10-16(15(2)32(14)20-5-3-4-18(12-20)24(27,28)29)11-17(13-30)22(33)31-19-6-8-21(9-7-19)34-23(25)26/h3-12,23H,1-2H3,(H,31,33)/b17-11-. The molecule has 3 rings (SSSR count). The van der Waals surface area contributed by atoms with Gasteiger partial charge in [0, 0.05) is 27.7 Å². The molecule has 176 valence electrons. The second-order valence-electron chi connectivity index (χ2n) is 7.24. The highest BCUT2D eigenvalue weighted by atomic mass is 32.2. The van der Waals surface area contributed by atoms with Crippen LogP contribution in [0.4, 0.5) is 27.6 Å². The van der Waals surface area contributed by atoms with Gasteiger partial charge in [-0.05, 0) is 74.0 Å². The monoisotopic (exact) mass is 491 g/mol. The van der Waals surface area contributed by atoms with Crippen LogP contribution >= 0.6 is 11.8 Å². The number of benzene rings is 2. The first-order valence-corrected chi connectivity index (χ1v) is 10.7. The summed E-state index contributed by atoms with van der Waals surface area (Å²) in [6.45, 7) is 3.38. The van der Waals surface area contributed by atoms with Crippen molar-refractivity contribution >= 4 is 29.4 Å². The van der Waals surface area contributed by atoms with Gasteiger partial charge in [0.25, 0.3) is 11.7 Å². The molecular weight excluding hydrogens is 473 g/mol. The van der Waals surface area contributed by atoms with Crippen molar-refractivity contribution in [3.8, 4) is 11.8 Å². The number of aryl methyl sites for hydroxylation is 1. The van der Waals surface area contributed by atoms with Crippen molar-refractivity contribution in [1.82, 2.24) is 4.57 Å². The topological polar surface area (TPSA) is 57.8 Å². The minimum Gasteiger partial charge on any atom is -0.321 e.